The van der Waals surface area contributed by atoms with Crippen molar-refractivity contribution in [3.8, 4) is 5.75 Å². The van der Waals surface area contributed by atoms with Crippen molar-refractivity contribution in [3.05, 3.63) is 66.5 Å². The molecule has 2 bridgehead atoms. The van der Waals surface area contributed by atoms with Crippen molar-refractivity contribution >= 4 is 11.6 Å². The first kappa shape index (κ1) is 14.8. The Morgan fingerprint density at radius 3 is 2.58 bits per heavy atom. The Labute approximate surface area is 140 Å². The number of phenols is 1. The van der Waals surface area contributed by atoms with Crippen LogP contribution in [0.3, 0.4) is 0 Å². The number of hydrogen-bond acceptors (Lipinski definition) is 5. The number of piperazine rings is 1. The number of allylic oxidation sites excluding steroid dienone is 1. The molecule has 3 heterocycles. The summed E-state index contributed by atoms with van der Waals surface area (Å²) >= 11 is 0. The highest BCUT2D eigenvalue weighted by atomic mass is 16.3. The highest BCUT2D eigenvalue weighted by molar-refractivity contribution is 6.09. The number of anilines is 1. The Kier molecular flexibility index (Phi) is 3.49. The van der Waals surface area contributed by atoms with Crippen molar-refractivity contribution in [2.24, 2.45) is 0 Å². The van der Waals surface area contributed by atoms with Gasteiger partial charge >= 0.3 is 0 Å². The Morgan fingerprint density at radius 1 is 1.12 bits per heavy atom. The van der Waals surface area contributed by atoms with Crippen molar-refractivity contribution in [2.45, 2.75) is 18.5 Å². The predicted octanol–water partition coefficient (Wildman–Crippen LogP) is 2.45. The minimum absolute atomic E-state index is 0.00289. The molecule has 122 valence electrons. The molecule has 4 rings (SSSR count). The molecule has 0 unspecified atom stereocenters. The molecule has 2 aliphatic heterocycles. The summed E-state index contributed by atoms with van der Waals surface area (Å²) in [7, 11) is 0. The first-order chi connectivity index (χ1) is 11.6. The zero-order valence-electron chi connectivity index (χ0n) is 13.3. The Bertz CT molecular complexity index is 790. The van der Waals surface area contributed by atoms with Gasteiger partial charge in [-0.15, -0.1) is 0 Å². The number of carbonyl (C=O) groups excluding carboxylic acids is 1. The molecule has 2 fully saturated rings. The number of rotatable bonds is 4. The fourth-order valence-electron chi connectivity index (χ4n) is 3.75. The summed E-state index contributed by atoms with van der Waals surface area (Å²) in [5, 5.41) is 9.90. The number of benzene rings is 1. The van der Waals surface area contributed by atoms with Gasteiger partial charge in [0.15, 0.2) is 0 Å². The number of aromatic hydroxyl groups is 1. The van der Waals surface area contributed by atoms with Crippen LogP contribution in [0.5, 0.6) is 5.75 Å². The largest absolute Gasteiger partial charge is 0.507 e. The van der Waals surface area contributed by atoms with Crippen LogP contribution in [0.2, 0.25) is 0 Å². The molecule has 5 heteroatoms. The Morgan fingerprint density at radius 2 is 1.92 bits per heavy atom. The monoisotopic (exact) mass is 321 g/mol. The summed E-state index contributed by atoms with van der Waals surface area (Å²) in [6.07, 6.45) is 2.81. The molecule has 0 amide bonds. The molecule has 2 atom stereocenters. The van der Waals surface area contributed by atoms with Gasteiger partial charge in [0.05, 0.1) is 17.3 Å². The summed E-state index contributed by atoms with van der Waals surface area (Å²) < 4.78 is 0. The maximum absolute atomic E-state index is 12.7. The predicted molar refractivity (Wildman–Crippen MR) is 92.1 cm³/mol. The maximum atomic E-state index is 12.7. The van der Waals surface area contributed by atoms with Crippen LogP contribution in [0.1, 0.15) is 16.8 Å². The summed E-state index contributed by atoms with van der Waals surface area (Å²) in [5.41, 5.74) is 0.775. The molecular weight excluding hydrogens is 302 g/mol. The Balaban J connectivity index is 1.50. The molecule has 1 N–H and O–H groups in total. The second kappa shape index (κ2) is 5.67. The van der Waals surface area contributed by atoms with Gasteiger partial charge in [-0.3, -0.25) is 4.79 Å². The number of carbonyl (C=O) groups is 1. The first-order valence-corrected chi connectivity index (χ1v) is 8.11. The number of fused-ring (bicyclic) bond motifs is 2. The number of ketones is 1. The first-order valence-electron chi connectivity index (χ1n) is 8.11. The van der Waals surface area contributed by atoms with E-state index in [1.54, 1.807) is 24.4 Å². The van der Waals surface area contributed by atoms with Crippen molar-refractivity contribution in [3.63, 3.8) is 0 Å². The molecular formula is C19H19N3O2. The lowest BCUT2D eigenvalue weighted by Gasteiger charge is -2.36. The number of nitrogens with zero attached hydrogens (tertiary/aromatic N) is 3. The van der Waals surface area contributed by atoms with Gasteiger partial charge in [0.1, 0.15) is 11.6 Å². The van der Waals surface area contributed by atoms with Crippen LogP contribution in [0, 0.1) is 0 Å². The second-order valence-corrected chi connectivity index (χ2v) is 6.33. The van der Waals surface area contributed by atoms with E-state index in [9.17, 15) is 9.90 Å². The summed E-state index contributed by atoms with van der Waals surface area (Å²) in [4.78, 5) is 21.5. The smallest absolute Gasteiger partial charge is 0.212 e. The van der Waals surface area contributed by atoms with E-state index in [0.29, 0.717) is 17.3 Å². The SMILES string of the molecule is C=C(C(=O)c1ccccc1O)N1C[C@H]2C[C@@H]1CN2c1ccccn1. The molecule has 2 saturated heterocycles. The molecule has 0 aliphatic carbocycles. The normalized spacial score (nSPS) is 22.0. The zero-order valence-corrected chi connectivity index (χ0v) is 13.3. The van der Waals surface area contributed by atoms with Crippen molar-refractivity contribution in [1.82, 2.24) is 9.88 Å². The third kappa shape index (κ3) is 2.33. The number of phenolic OH excluding ortho intramolecular Hbond substituents is 1. The van der Waals surface area contributed by atoms with Gasteiger partial charge in [-0.05, 0) is 30.7 Å². The van der Waals surface area contributed by atoms with Crippen molar-refractivity contribution in [1.29, 1.82) is 0 Å². The van der Waals surface area contributed by atoms with E-state index in [-0.39, 0.29) is 17.6 Å². The van der Waals surface area contributed by atoms with E-state index >= 15 is 0 Å². The zero-order chi connectivity index (χ0) is 16.7. The van der Waals surface area contributed by atoms with Gasteiger partial charge in [-0.25, -0.2) is 4.98 Å². The fraction of sp³-hybridized carbons (Fsp3) is 0.263. The molecule has 1 aromatic heterocycles. The molecule has 2 aliphatic rings. The van der Waals surface area contributed by atoms with Crippen molar-refractivity contribution < 1.29 is 9.90 Å². The molecule has 0 spiro atoms. The van der Waals surface area contributed by atoms with Gasteiger partial charge in [0.25, 0.3) is 0 Å². The molecule has 0 saturated carbocycles. The molecule has 5 nitrogen and oxygen atoms in total. The van der Waals surface area contributed by atoms with Gasteiger partial charge in [0, 0.05) is 25.3 Å². The number of likely N-dealkylation sites (tertiary alicyclic amines) is 1. The van der Waals surface area contributed by atoms with Crippen LogP contribution in [0.15, 0.2) is 60.9 Å². The fourth-order valence-corrected chi connectivity index (χ4v) is 3.75. The number of pyridine rings is 1. The molecule has 2 aromatic rings. The third-order valence-corrected chi connectivity index (χ3v) is 4.94. The van der Waals surface area contributed by atoms with E-state index in [1.165, 1.54) is 6.07 Å². The molecule has 0 radical (unpaired) electrons. The van der Waals surface area contributed by atoms with E-state index in [4.69, 9.17) is 0 Å². The van der Waals surface area contributed by atoms with Crippen LogP contribution in [0.4, 0.5) is 5.82 Å². The van der Waals surface area contributed by atoms with E-state index in [1.807, 2.05) is 18.2 Å². The van der Waals surface area contributed by atoms with Crippen LogP contribution < -0.4 is 4.90 Å². The van der Waals surface area contributed by atoms with Gasteiger partial charge in [-0.2, -0.15) is 0 Å². The summed E-state index contributed by atoms with van der Waals surface area (Å²) in [5.74, 6) is 0.787. The quantitative estimate of drug-likeness (QED) is 0.692. The van der Waals surface area contributed by atoms with Crippen molar-refractivity contribution in [2.75, 3.05) is 18.0 Å². The van der Waals surface area contributed by atoms with E-state index < -0.39 is 0 Å². The Hall–Kier alpha value is -2.82. The lowest BCUT2D eigenvalue weighted by atomic mass is 10.1. The van der Waals surface area contributed by atoms with E-state index in [0.717, 1.165) is 25.3 Å². The van der Waals surface area contributed by atoms with Crippen LogP contribution in [-0.2, 0) is 0 Å². The topological polar surface area (TPSA) is 56.7 Å². The van der Waals surface area contributed by atoms with Crippen LogP contribution in [-0.4, -0.2) is 45.9 Å². The minimum Gasteiger partial charge on any atom is -0.507 e. The number of hydrogen-bond donors (Lipinski definition) is 1. The minimum atomic E-state index is -0.204. The molecule has 24 heavy (non-hydrogen) atoms. The van der Waals surface area contributed by atoms with E-state index in [2.05, 4.69) is 21.4 Å². The summed E-state index contributed by atoms with van der Waals surface area (Å²) in [6, 6.07) is 13.2. The van der Waals surface area contributed by atoms with Crippen LogP contribution in [0.25, 0.3) is 0 Å². The van der Waals surface area contributed by atoms with Gasteiger partial charge in [-0.1, -0.05) is 24.8 Å². The number of Topliss-reactive ketones (excluding diaryl/α,β-unsaturated/α-hetero) is 1. The van der Waals surface area contributed by atoms with Gasteiger partial charge in [0.2, 0.25) is 5.78 Å². The standard InChI is InChI=1S/C19H19N3O2/c1-13(19(24)16-6-2-3-7-17(16)23)21-11-15-10-14(21)12-22(15)18-8-4-5-9-20-18/h2-9,14-15,23H,1,10-12H2/t14-,15-/m1/s1. The van der Waals surface area contributed by atoms with Gasteiger partial charge < -0.3 is 14.9 Å². The third-order valence-electron chi connectivity index (χ3n) is 4.94. The van der Waals surface area contributed by atoms with Crippen LogP contribution >= 0.6 is 0 Å². The highest BCUT2D eigenvalue weighted by Gasteiger charge is 2.45. The average Bonchev–Trinajstić information content (AvgIpc) is 3.22. The number of para-hydroxylation sites is 1. The highest BCUT2D eigenvalue weighted by Crippen LogP contribution is 2.36. The lowest BCUT2D eigenvalue weighted by Crippen LogP contribution is -2.47. The summed E-state index contributed by atoms with van der Waals surface area (Å²) in [6.45, 7) is 5.61. The number of aromatic nitrogens is 1. The second-order valence-electron chi connectivity index (χ2n) is 6.33. The maximum Gasteiger partial charge on any atom is 0.212 e. The molecule has 1 aromatic carbocycles. The lowest BCUT2D eigenvalue weighted by molar-refractivity contribution is 0.0982. The average molecular weight is 321 g/mol.